The Morgan fingerprint density at radius 2 is 1.76 bits per heavy atom. The highest BCUT2D eigenvalue weighted by Crippen LogP contribution is 2.26. The molecule has 0 fully saturated rings. The normalized spacial score (nSPS) is 17.5. The lowest BCUT2D eigenvalue weighted by Crippen LogP contribution is -2.38. The van der Waals surface area contributed by atoms with Gasteiger partial charge in [-0.1, -0.05) is 37.3 Å². The molecule has 0 aliphatic rings. The summed E-state index contributed by atoms with van der Waals surface area (Å²) in [5.74, 6) is 0. The van der Waals surface area contributed by atoms with E-state index < -0.39 is 10.8 Å². The standard InChI is InChI=1S/C14H23NOS/c1-5-12(17(16)14(2,3)4)13(15)11-9-7-6-8-10-11/h6-10,12-13H,5,15H2,1-4H3. The monoisotopic (exact) mass is 253 g/mol. The summed E-state index contributed by atoms with van der Waals surface area (Å²) in [6, 6.07) is 9.78. The molecular formula is C14H23NOS. The molecule has 1 aromatic carbocycles. The van der Waals surface area contributed by atoms with Gasteiger partial charge in [0.1, 0.15) is 0 Å². The predicted molar refractivity (Wildman–Crippen MR) is 75.3 cm³/mol. The van der Waals surface area contributed by atoms with Gasteiger partial charge in [0.05, 0.1) is 5.25 Å². The molecule has 0 saturated heterocycles. The van der Waals surface area contributed by atoms with E-state index in [0.29, 0.717) is 0 Å². The van der Waals surface area contributed by atoms with E-state index in [-0.39, 0.29) is 16.0 Å². The van der Waals surface area contributed by atoms with E-state index in [1.54, 1.807) is 0 Å². The van der Waals surface area contributed by atoms with Gasteiger partial charge in [0, 0.05) is 21.6 Å². The van der Waals surface area contributed by atoms with Crippen molar-refractivity contribution in [2.24, 2.45) is 5.73 Å². The summed E-state index contributed by atoms with van der Waals surface area (Å²) in [6.45, 7) is 8.06. The van der Waals surface area contributed by atoms with E-state index in [0.717, 1.165) is 12.0 Å². The zero-order valence-corrected chi connectivity index (χ0v) is 12.0. The van der Waals surface area contributed by atoms with Crippen molar-refractivity contribution in [1.29, 1.82) is 0 Å². The fourth-order valence-electron chi connectivity index (χ4n) is 1.88. The van der Waals surface area contributed by atoms with Crippen molar-refractivity contribution < 1.29 is 4.21 Å². The van der Waals surface area contributed by atoms with Gasteiger partial charge in [-0.2, -0.15) is 0 Å². The Kier molecular flexibility index (Phi) is 4.90. The van der Waals surface area contributed by atoms with Gasteiger partial charge in [0.2, 0.25) is 0 Å². The third-order valence-corrected chi connectivity index (χ3v) is 5.25. The molecule has 0 saturated carbocycles. The molecule has 3 unspecified atom stereocenters. The molecule has 96 valence electrons. The van der Waals surface area contributed by atoms with E-state index >= 15 is 0 Å². The highest BCUT2D eigenvalue weighted by molar-refractivity contribution is 7.87. The topological polar surface area (TPSA) is 43.1 Å². The second-order valence-electron chi connectivity index (χ2n) is 5.29. The molecule has 0 heterocycles. The summed E-state index contributed by atoms with van der Waals surface area (Å²) in [4.78, 5) is 0. The van der Waals surface area contributed by atoms with Crippen LogP contribution in [0.15, 0.2) is 30.3 Å². The van der Waals surface area contributed by atoms with Gasteiger partial charge in [-0.15, -0.1) is 0 Å². The maximum atomic E-state index is 12.4. The highest BCUT2D eigenvalue weighted by atomic mass is 32.2. The van der Waals surface area contributed by atoms with E-state index in [9.17, 15) is 4.21 Å². The third-order valence-electron chi connectivity index (χ3n) is 2.87. The maximum Gasteiger partial charge on any atom is 0.0543 e. The Morgan fingerprint density at radius 1 is 1.24 bits per heavy atom. The molecule has 0 aliphatic heterocycles. The quantitative estimate of drug-likeness (QED) is 0.896. The predicted octanol–water partition coefficient (Wildman–Crippen LogP) is 3.01. The summed E-state index contributed by atoms with van der Waals surface area (Å²) in [5.41, 5.74) is 7.32. The largest absolute Gasteiger partial charge is 0.323 e. The molecule has 1 rings (SSSR count). The van der Waals surface area contributed by atoms with Gasteiger partial charge in [0.15, 0.2) is 0 Å². The summed E-state index contributed by atoms with van der Waals surface area (Å²) in [6.07, 6.45) is 0.833. The van der Waals surface area contributed by atoms with E-state index in [4.69, 9.17) is 5.73 Å². The molecule has 2 N–H and O–H groups in total. The number of nitrogens with two attached hydrogens (primary N) is 1. The molecule has 2 nitrogen and oxygen atoms in total. The molecule has 3 atom stereocenters. The number of rotatable bonds is 4. The Balaban J connectivity index is 2.93. The van der Waals surface area contributed by atoms with Crippen LogP contribution in [0.1, 0.15) is 45.7 Å². The molecule has 0 radical (unpaired) electrons. The molecule has 0 aliphatic carbocycles. The molecule has 0 amide bonds. The average molecular weight is 253 g/mol. The lowest BCUT2D eigenvalue weighted by atomic mass is 10.0. The lowest BCUT2D eigenvalue weighted by Gasteiger charge is -2.29. The molecule has 0 bridgehead atoms. The van der Waals surface area contributed by atoms with Crippen LogP contribution >= 0.6 is 0 Å². The van der Waals surface area contributed by atoms with E-state index in [1.807, 2.05) is 51.1 Å². The summed E-state index contributed by atoms with van der Waals surface area (Å²) in [7, 11) is -0.931. The second-order valence-corrected chi connectivity index (χ2v) is 7.72. The Hall–Kier alpha value is -0.670. The molecule has 0 aromatic heterocycles. The van der Waals surface area contributed by atoms with Crippen molar-refractivity contribution >= 4 is 10.8 Å². The van der Waals surface area contributed by atoms with Crippen molar-refractivity contribution in [3.05, 3.63) is 35.9 Å². The fraction of sp³-hybridized carbons (Fsp3) is 0.571. The first-order valence-electron chi connectivity index (χ1n) is 6.09. The van der Waals surface area contributed by atoms with Gasteiger partial charge < -0.3 is 5.73 Å². The minimum absolute atomic E-state index is 0.0115. The van der Waals surface area contributed by atoms with Crippen LogP contribution in [0.5, 0.6) is 0 Å². The van der Waals surface area contributed by atoms with Gasteiger partial charge in [-0.3, -0.25) is 4.21 Å². The smallest absolute Gasteiger partial charge is 0.0543 e. The first kappa shape index (κ1) is 14.4. The highest BCUT2D eigenvalue weighted by Gasteiger charge is 2.31. The minimum atomic E-state index is -0.931. The minimum Gasteiger partial charge on any atom is -0.323 e. The molecule has 3 heteroatoms. The Morgan fingerprint density at radius 3 is 2.18 bits per heavy atom. The van der Waals surface area contributed by atoms with E-state index in [1.165, 1.54) is 0 Å². The Bertz CT molecular complexity index is 370. The number of benzene rings is 1. The SMILES string of the molecule is CCC(C(N)c1ccccc1)S(=O)C(C)(C)C. The Labute approximate surface area is 107 Å². The van der Waals surface area contributed by atoms with Crippen LogP contribution < -0.4 is 5.73 Å². The number of hydrogen-bond acceptors (Lipinski definition) is 2. The fourth-order valence-corrected chi connectivity index (χ4v) is 3.52. The molecular weight excluding hydrogens is 230 g/mol. The van der Waals surface area contributed by atoms with Crippen molar-refractivity contribution in [2.45, 2.75) is 50.2 Å². The van der Waals surface area contributed by atoms with Gasteiger partial charge >= 0.3 is 0 Å². The lowest BCUT2D eigenvalue weighted by molar-refractivity contribution is 0.587. The van der Waals surface area contributed by atoms with Crippen molar-refractivity contribution in [1.82, 2.24) is 0 Å². The van der Waals surface area contributed by atoms with Crippen LogP contribution in [0.25, 0.3) is 0 Å². The first-order valence-corrected chi connectivity index (χ1v) is 7.30. The average Bonchev–Trinajstić information content (AvgIpc) is 2.29. The van der Waals surface area contributed by atoms with Crippen LogP contribution in [0, 0.1) is 0 Å². The summed E-state index contributed by atoms with van der Waals surface area (Å²) >= 11 is 0. The van der Waals surface area contributed by atoms with Crippen LogP contribution in [0.2, 0.25) is 0 Å². The van der Waals surface area contributed by atoms with Crippen molar-refractivity contribution in [3.8, 4) is 0 Å². The van der Waals surface area contributed by atoms with Gasteiger partial charge in [0.25, 0.3) is 0 Å². The summed E-state index contributed by atoms with van der Waals surface area (Å²) < 4.78 is 12.2. The van der Waals surface area contributed by atoms with Gasteiger partial charge in [-0.25, -0.2) is 0 Å². The first-order chi connectivity index (χ1) is 7.88. The zero-order valence-electron chi connectivity index (χ0n) is 11.1. The van der Waals surface area contributed by atoms with Crippen molar-refractivity contribution in [2.75, 3.05) is 0 Å². The molecule has 0 spiro atoms. The third kappa shape index (κ3) is 3.65. The number of hydrogen-bond donors (Lipinski definition) is 1. The van der Waals surface area contributed by atoms with Crippen molar-refractivity contribution in [3.63, 3.8) is 0 Å². The van der Waals surface area contributed by atoms with E-state index in [2.05, 4.69) is 6.92 Å². The summed E-state index contributed by atoms with van der Waals surface area (Å²) in [5, 5.41) is 0.0115. The van der Waals surface area contributed by atoms with Crippen LogP contribution in [0.4, 0.5) is 0 Å². The van der Waals surface area contributed by atoms with Crippen LogP contribution in [-0.2, 0) is 10.8 Å². The second kappa shape index (κ2) is 5.78. The maximum absolute atomic E-state index is 12.4. The molecule has 17 heavy (non-hydrogen) atoms. The van der Waals surface area contributed by atoms with Crippen LogP contribution in [-0.4, -0.2) is 14.2 Å². The molecule has 1 aromatic rings. The van der Waals surface area contributed by atoms with Gasteiger partial charge in [-0.05, 0) is 32.8 Å². The van der Waals surface area contributed by atoms with Crippen LogP contribution in [0.3, 0.4) is 0 Å². The zero-order chi connectivity index (χ0) is 13.1.